The van der Waals surface area contributed by atoms with Crippen LogP contribution in [-0.2, 0) is 0 Å². The van der Waals surface area contributed by atoms with E-state index in [1.165, 1.54) is 0 Å². The summed E-state index contributed by atoms with van der Waals surface area (Å²) in [6.45, 7) is 4.01. The molecule has 2 aromatic rings. The van der Waals surface area contributed by atoms with Gasteiger partial charge in [-0.1, -0.05) is 12.1 Å². The van der Waals surface area contributed by atoms with Gasteiger partial charge in [0.05, 0.1) is 0 Å². The molecule has 0 spiro atoms. The van der Waals surface area contributed by atoms with Gasteiger partial charge >= 0.3 is 6.01 Å². The molecule has 0 fully saturated rings. The smallest absolute Gasteiger partial charge is 0.328 e. The third-order valence-corrected chi connectivity index (χ3v) is 2.78. The second-order valence-electron chi connectivity index (χ2n) is 4.47. The number of ether oxygens (including phenoxy) is 1. The van der Waals surface area contributed by atoms with E-state index in [2.05, 4.69) is 15.0 Å². The van der Waals surface area contributed by atoms with Crippen LogP contribution in [0.15, 0.2) is 18.2 Å². The fraction of sp³-hybridized carbons (Fsp3) is 0.308. The van der Waals surface area contributed by atoms with E-state index in [0.29, 0.717) is 5.95 Å². The number of hydrogen-bond donors (Lipinski definition) is 1. The topological polar surface area (TPSA) is 77.2 Å². The van der Waals surface area contributed by atoms with E-state index < -0.39 is 0 Å². The lowest BCUT2D eigenvalue weighted by atomic mass is 10.1. The van der Waals surface area contributed by atoms with Crippen molar-refractivity contribution >= 4 is 11.9 Å². The van der Waals surface area contributed by atoms with Crippen molar-refractivity contribution in [2.45, 2.75) is 13.8 Å². The zero-order valence-corrected chi connectivity index (χ0v) is 11.5. The molecule has 0 radical (unpaired) electrons. The molecular formula is C13H17N5O. The Morgan fingerprint density at radius 1 is 1.11 bits per heavy atom. The summed E-state index contributed by atoms with van der Waals surface area (Å²) < 4.78 is 5.69. The maximum Gasteiger partial charge on any atom is 0.328 e. The number of nitrogens with zero attached hydrogens (tertiary/aromatic N) is 4. The minimum Gasteiger partial charge on any atom is -0.424 e. The van der Waals surface area contributed by atoms with Crippen LogP contribution in [0.5, 0.6) is 11.8 Å². The molecular weight excluding hydrogens is 242 g/mol. The summed E-state index contributed by atoms with van der Waals surface area (Å²) in [5.41, 5.74) is 7.84. The van der Waals surface area contributed by atoms with Crippen molar-refractivity contribution in [2.24, 2.45) is 0 Å². The second-order valence-corrected chi connectivity index (χ2v) is 4.47. The highest BCUT2D eigenvalue weighted by Gasteiger charge is 2.10. The van der Waals surface area contributed by atoms with E-state index in [0.717, 1.165) is 16.9 Å². The van der Waals surface area contributed by atoms with E-state index in [-0.39, 0.29) is 12.0 Å². The number of aromatic nitrogens is 3. The van der Waals surface area contributed by atoms with Gasteiger partial charge in [-0.25, -0.2) is 0 Å². The van der Waals surface area contributed by atoms with Crippen LogP contribution in [0.4, 0.5) is 11.9 Å². The Kier molecular flexibility index (Phi) is 3.50. The Morgan fingerprint density at radius 3 is 2.53 bits per heavy atom. The summed E-state index contributed by atoms with van der Waals surface area (Å²) in [6.07, 6.45) is 0. The summed E-state index contributed by atoms with van der Waals surface area (Å²) >= 11 is 0. The number of hydrogen-bond acceptors (Lipinski definition) is 6. The Hall–Kier alpha value is -2.37. The van der Waals surface area contributed by atoms with E-state index in [4.69, 9.17) is 10.5 Å². The third-order valence-electron chi connectivity index (χ3n) is 2.78. The average Bonchev–Trinajstić information content (AvgIpc) is 2.34. The van der Waals surface area contributed by atoms with Crippen LogP contribution in [0.2, 0.25) is 0 Å². The van der Waals surface area contributed by atoms with Crippen molar-refractivity contribution in [3.63, 3.8) is 0 Å². The quantitative estimate of drug-likeness (QED) is 0.907. The Labute approximate surface area is 112 Å². The molecule has 0 bridgehead atoms. The highest BCUT2D eigenvalue weighted by molar-refractivity contribution is 5.41. The Morgan fingerprint density at radius 2 is 1.84 bits per heavy atom. The molecule has 0 unspecified atom stereocenters. The maximum absolute atomic E-state index is 5.69. The van der Waals surface area contributed by atoms with Crippen molar-refractivity contribution in [3.8, 4) is 11.8 Å². The van der Waals surface area contributed by atoms with Crippen LogP contribution in [0.3, 0.4) is 0 Å². The number of nitrogen functional groups attached to an aromatic ring is 1. The van der Waals surface area contributed by atoms with Crippen LogP contribution < -0.4 is 15.4 Å². The van der Waals surface area contributed by atoms with Gasteiger partial charge in [-0.15, -0.1) is 0 Å². The zero-order valence-electron chi connectivity index (χ0n) is 11.5. The molecule has 0 aliphatic heterocycles. The molecule has 1 aromatic carbocycles. The minimum atomic E-state index is 0.138. The van der Waals surface area contributed by atoms with E-state index >= 15 is 0 Å². The van der Waals surface area contributed by atoms with Crippen molar-refractivity contribution in [1.29, 1.82) is 0 Å². The first-order valence-electron chi connectivity index (χ1n) is 5.90. The maximum atomic E-state index is 5.69. The number of anilines is 2. The summed E-state index contributed by atoms with van der Waals surface area (Å²) in [5, 5.41) is 0. The standard InChI is InChI=1S/C13H17N5O/c1-8-6-5-7-10(9(8)2)19-13-16-11(14)15-12(17-13)18(3)4/h5-7H,1-4H3,(H2,14,15,16,17). The number of rotatable bonds is 3. The molecule has 100 valence electrons. The minimum absolute atomic E-state index is 0.138. The van der Waals surface area contributed by atoms with Crippen molar-refractivity contribution in [1.82, 2.24) is 15.0 Å². The van der Waals surface area contributed by atoms with Crippen molar-refractivity contribution < 1.29 is 4.74 Å². The first-order chi connectivity index (χ1) is 8.97. The lowest BCUT2D eigenvalue weighted by Gasteiger charge is -2.13. The van der Waals surface area contributed by atoms with Crippen LogP contribution in [0, 0.1) is 13.8 Å². The predicted molar refractivity (Wildman–Crippen MR) is 74.6 cm³/mol. The molecule has 0 aliphatic rings. The third kappa shape index (κ3) is 2.90. The summed E-state index contributed by atoms with van der Waals surface area (Å²) in [4.78, 5) is 14.0. The molecule has 6 heteroatoms. The highest BCUT2D eigenvalue weighted by atomic mass is 16.5. The molecule has 19 heavy (non-hydrogen) atoms. The predicted octanol–water partition coefficient (Wildman–Crippen LogP) is 1.93. The highest BCUT2D eigenvalue weighted by Crippen LogP contribution is 2.25. The van der Waals surface area contributed by atoms with Gasteiger partial charge in [-0.2, -0.15) is 15.0 Å². The lowest BCUT2D eigenvalue weighted by molar-refractivity contribution is 0.437. The number of aryl methyl sites for hydroxylation is 1. The van der Waals surface area contributed by atoms with Crippen LogP contribution in [0.1, 0.15) is 11.1 Å². The Balaban J connectivity index is 2.35. The molecule has 0 aliphatic carbocycles. The molecule has 0 amide bonds. The molecule has 1 heterocycles. The zero-order chi connectivity index (χ0) is 14.0. The summed E-state index contributed by atoms with van der Waals surface area (Å²) in [7, 11) is 3.66. The number of benzene rings is 1. The molecule has 0 saturated heterocycles. The SMILES string of the molecule is Cc1cccc(Oc2nc(N)nc(N(C)C)n2)c1C. The van der Waals surface area contributed by atoms with Crippen molar-refractivity contribution in [3.05, 3.63) is 29.3 Å². The Bertz CT molecular complexity index is 598. The van der Waals surface area contributed by atoms with Crippen LogP contribution in [0.25, 0.3) is 0 Å². The van der Waals surface area contributed by atoms with Gasteiger partial charge < -0.3 is 15.4 Å². The first kappa shape index (κ1) is 13.1. The normalized spacial score (nSPS) is 10.3. The van der Waals surface area contributed by atoms with Gasteiger partial charge in [0, 0.05) is 14.1 Å². The van der Waals surface area contributed by atoms with E-state index in [1.807, 2.05) is 46.1 Å². The molecule has 2 rings (SSSR count). The molecule has 1 aromatic heterocycles. The van der Waals surface area contributed by atoms with Gasteiger partial charge in [-0.3, -0.25) is 0 Å². The molecule has 6 nitrogen and oxygen atoms in total. The largest absolute Gasteiger partial charge is 0.424 e. The van der Waals surface area contributed by atoms with E-state index in [1.54, 1.807) is 4.90 Å². The number of nitrogens with two attached hydrogens (primary N) is 1. The fourth-order valence-corrected chi connectivity index (χ4v) is 1.54. The monoisotopic (exact) mass is 259 g/mol. The van der Waals surface area contributed by atoms with Crippen molar-refractivity contribution in [2.75, 3.05) is 24.7 Å². The summed E-state index contributed by atoms with van der Waals surface area (Å²) in [6, 6.07) is 6.02. The first-order valence-corrected chi connectivity index (χ1v) is 5.90. The van der Waals surface area contributed by atoms with Crippen LogP contribution >= 0.6 is 0 Å². The molecule has 0 atom stereocenters. The fourth-order valence-electron chi connectivity index (χ4n) is 1.54. The molecule has 2 N–H and O–H groups in total. The van der Waals surface area contributed by atoms with Gasteiger partial charge in [0.2, 0.25) is 11.9 Å². The molecule has 0 saturated carbocycles. The van der Waals surface area contributed by atoms with Gasteiger partial charge in [0.25, 0.3) is 0 Å². The summed E-state index contributed by atoms with van der Waals surface area (Å²) in [5.74, 6) is 1.32. The van der Waals surface area contributed by atoms with E-state index in [9.17, 15) is 0 Å². The van der Waals surface area contributed by atoms with Gasteiger partial charge in [-0.05, 0) is 31.0 Å². The van der Waals surface area contributed by atoms with Gasteiger partial charge in [0.15, 0.2) is 0 Å². The second kappa shape index (κ2) is 5.09. The average molecular weight is 259 g/mol. The van der Waals surface area contributed by atoms with Gasteiger partial charge in [0.1, 0.15) is 5.75 Å². The van der Waals surface area contributed by atoms with Crippen LogP contribution in [-0.4, -0.2) is 29.0 Å². The lowest BCUT2D eigenvalue weighted by Crippen LogP contribution is -2.15.